The summed E-state index contributed by atoms with van der Waals surface area (Å²) in [6, 6.07) is 4.90. The Kier molecular flexibility index (Phi) is 5.13. The number of amides is 1. The lowest BCUT2D eigenvalue weighted by Crippen LogP contribution is -2.43. The summed E-state index contributed by atoms with van der Waals surface area (Å²) < 4.78 is 10.5. The summed E-state index contributed by atoms with van der Waals surface area (Å²) in [4.78, 5) is 23.2. The smallest absolute Gasteiger partial charge is 0.258 e. The quantitative estimate of drug-likeness (QED) is 0.839. The number of benzene rings is 1. The minimum atomic E-state index is -0.321. The van der Waals surface area contributed by atoms with E-state index in [-0.39, 0.29) is 23.8 Å². The lowest BCUT2D eigenvalue weighted by atomic mass is 10.1. The van der Waals surface area contributed by atoms with Crippen LogP contribution in [0.4, 0.5) is 0 Å². The van der Waals surface area contributed by atoms with Crippen molar-refractivity contribution in [2.75, 3.05) is 13.7 Å². The molecule has 0 radical (unpaired) electrons. The van der Waals surface area contributed by atoms with Gasteiger partial charge in [0.2, 0.25) is 0 Å². The van der Waals surface area contributed by atoms with E-state index in [4.69, 9.17) is 9.47 Å². The molecule has 1 N–H and O–H groups in total. The van der Waals surface area contributed by atoms with Crippen LogP contribution in [0.3, 0.4) is 0 Å². The van der Waals surface area contributed by atoms with E-state index in [0.29, 0.717) is 17.1 Å². The first-order chi connectivity index (χ1) is 9.23. The zero-order valence-electron chi connectivity index (χ0n) is 12.6. The maximum Gasteiger partial charge on any atom is 0.258 e. The largest absolute Gasteiger partial charge is 0.497 e. The van der Waals surface area contributed by atoms with Crippen LogP contribution in [0.5, 0.6) is 11.5 Å². The summed E-state index contributed by atoms with van der Waals surface area (Å²) in [5, 5.41) is 2.79. The Balaban J connectivity index is 2.80. The van der Waals surface area contributed by atoms with E-state index < -0.39 is 0 Å². The first kappa shape index (κ1) is 16.0. The van der Waals surface area contributed by atoms with E-state index in [9.17, 15) is 9.59 Å². The van der Waals surface area contributed by atoms with Gasteiger partial charge < -0.3 is 14.8 Å². The van der Waals surface area contributed by atoms with Crippen molar-refractivity contribution in [2.45, 2.75) is 33.2 Å². The summed E-state index contributed by atoms with van der Waals surface area (Å²) in [6.07, 6.45) is 0. The lowest BCUT2D eigenvalue weighted by molar-refractivity contribution is -0.124. The molecular formula is C15H21NO4. The summed E-state index contributed by atoms with van der Waals surface area (Å²) in [5.74, 6) is 0.552. The third-order valence-electron chi connectivity index (χ3n) is 2.44. The Bertz CT molecular complexity index is 503. The van der Waals surface area contributed by atoms with Crippen LogP contribution in [0, 0.1) is 0 Å². The highest BCUT2D eigenvalue weighted by Crippen LogP contribution is 2.25. The van der Waals surface area contributed by atoms with E-state index in [1.165, 1.54) is 14.0 Å². The van der Waals surface area contributed by atoms with Crippen LogP contribution in [0.15, 0.2) is 18.2 Å². The average Bonchev–Trinajstić information content (AvgIpc) is 2.33. The molecule has 0 saturated carbocycles. The normalized spacial score (nSPS) is 10.8. The predicted octanol–water partition coefficient (Wildman–Crippen LogP) is 2.19. The monoisotopic (exact) mass is 279 g/mol. The molecule has 0 aliphatic heterocycles. The van der Waals surface area contributed by atoms with Gasteiger partial charge >= 0.3 is 0 Å². The van der Waals surface area contributed by atoms with Gasteiger partial charge in [0.25, 0.3) is 5.91 Å². The maximum absolute atomic E-state index is 11.7. The molecule has 0 spiro atoms. The number of hydrogen-bond acceptors (Lipinski definition) is 4. The second-order valence-corrected chi connectivity index (χ2v) is 5.51. The van der Waals surface area contributed by atoms with Crippen molar-refractivity contribution in [3.05, 3.63) is 23.8 Å². The van der Waals surface area contributed by atoms with Crippen LogP contribution in [-0.2, 0) is 4.79 Å². The van der Waals surface area contributed by atoms with Gasteiger partial charge in [-0.2, -0.15) is 0 Å². The molecule has 0 atom stereocenters. The van der Waals surface area contributed by atoms with Crippen molar-refractivity contribution in [1.82, 2.24) is 5.32 Å². The third kappa shape index (κ3) is 4.91. The summed E-state index contributed by atoms with van der Waals surface area (Å²) in [7, 11) is 1.53. The van der Waals surface area contributed by atoms with E-state index in [1.807, 2.05) is 20.8 Å². The molecule has 0 saturated heterocycles. The Hall–Kier alpha value is -2.04. The van der Waals surface area contributed by atoms with Gasteiger partial charge in [0.1, 0.15) is 11.5 Å². The fraction of sp³-hybridized carbons (Fsp3) is 0.467. The molecule has 0 bridgehead atoms. The highest BCUT2D eigenvalue weighted by atomic mass is 16.5. The first-order valence-electron chi connectivity index (χ1n) is 6.36. The van der Waals surface area contributed by atoms with E-state index in [0.717, 1.165) is 0 Å². The Morgan fingerprint density at radius 1 is 1.25 bits per heavy atom. The molecule has 0 heterocycles. The average molecular weight is 279 g/mol. The first-order valence-corrected chi connectivity index (χ1v) is 6.36. The summed E-state index contributed by atoms with van der Waals surface area (Å²) in [6.45, 7) is 6.96. The number of rotatable bonds is 5. The molecule has 0 aliphatic rings. The number of nitrogens with one attached hydrogen (secondary N) is 1. The van der Waals surface area contributed by atoms with E-state index in [1.54, 1.807) is 18.2 Å². The molecule has 0 aliphatic carbocycles. The minimum absolute atomic E-state index is 0.126. The third-order valence-corrected chi connectivity index (χ3v) is 2.44. The van der Waals surface area contributed by atoms with Gasteiger partial charge in [0, 0.05) is 11.6 Å². The van der Waals surface area contributed by atoms with Crippen molar-refractivity contribution in [1.29, 1.82) is 0 Å². The van der Waals surface area contributed by atoms with Crippen LogP contribution < -0.4 is 14.8 Å². The molecule has 5 heteroatoms. The number of hydrogen-bond donors (Lipinski definition) is 1. The Morgan fingerprint density at radius 2 is 1.90 bits per heavy atom. The van der Waals surface area contributed by atoms with Crippen LogP contribution in [0.1, 0.15) is 38.1 Å². The molecule has 0 aromatic heterocycles. The molecular weight excluding hydrogens is 258 g/mol. The second kappa shape index (κ2) is 6.41. The topological polar surface area (TPSA) is 64.6 Å². The molecule has 20 heavy (non-hydrogen) atoms. The Labute approximate surface area is 119 Å². The van der Waals surface area contributed by atoms with Crippen LogP contribution >= 0.6 is 0 Å². The summed E-state index contributed by atoms with van der Waals surface area (Å²) >= 11 is 0. The molecule has 0 unspecified atom stereocenters. The van der Waals surface area contributed by atoms with E-state index in [2.05, 4.69) is 5.32 Å². The van der Waals surface area contributed by atoms with Gasteiger partial charge in [-0.3, -0.25) is 9.59 Å². The number of carbonyl (C=O) groups is 2. The fourth-order valence-electron chi connectivity index (χ4n) is 1.64. The highest BCUT2D eigenvalue weighted by Gasteiger charge is 2.16. The standard InChI is InChI=1S/C15H21NO4/c1-10(17)12-7-6-11(19-5)8-13(12)20-9-14(18)16-15(2,3)4/h6-8H,9H2,1-5H3,(H,16,18). The number of methoxy groups -OCH3 is 1. The van der Waals surface area contributed by atoms with Gasteiger partial charge in [-0.15, -0.1) is 0 Å². The number of carbonyl (C=O) groups excluding carboxylic acids is 2. The van der Waals surface area contributed by atoms with Crippen molar-refractivity contribution >= 4 is 11.7 Å². The molecule has 110 valence electrons. The number of ether oxygens (including phenoxy) is 2. The number of ketones is 1. The molecule has 1 amide bonds. The van der Waals surface area contributed by atoms with Crippen LogP contribution in [-0.4, -0.2) is 30.9 Å². The van der Waals surface area contributed by atoms with Crippen molar-refractivity contribution in [3.63, 3.8) is 0 Å². The molecule has 1 aromatic rings. The van der Waals surface area contributed by atoms with Crippen LogP contribution in [0.25, 0.3) is 0 Å². The van der Waals surface area contributed by atoms with Crippen molar-refractivity contribution in [3.8, 4) is 11.5 Å². The second-order valence-electron chi connectivity index (χ2n) is 5.51. The van der Waals surface area contributed by atoms with E-state index >= 15 is 0 Å². The highest BCUT2D eigenvalue weighted by molar-refractivity contribution is 5.97. The van der Waals surface area contributed by atoms with Gasteiger partial charge in [-0.05, 0) is 39.8 Å². The predicted molar refractivity (Wildman–Crippen MR) is 76.4 cm³/mol. The Morgan fingerprint density at radius 3 is 2.40 bits per heavy atom. The molecule has 1 aromatic carbocycles. The molecule has 0 fully saturated rings. The summed E-state index contributed by atoms with van der Waals surface area (Å²) in [5.41, 5.74) is 0.104. The maximum atomic E-state index is 11.7. The van der Waals surface area contributed by atoms with Gasteiger partial charge in [0.05, 0.1) is 12.7 Å². The molecule has 5 nitrogen and oxygen atoms in total. The van der Waals surface area contributed by atoms with Crippen molar-refractivity contribution < 1.29 is 19.1 Å². The number of Topliss-reactive ketones (excluding diaryl/α,β-unsaturated/α-hetero) is 1. The van der Waals surface area contributed by atoms with Crippen LogP contribution in [0.2, 0.25) is 0 Å². The minimum Gasteiger partial charge on any atom is -0.497 e. The van der Waals surface area contributed by atoms with Gasteiger partial charge in [-0.25, -0.2) is 0 Å². The van der Waals surface area contributed by atoms with Gasteiger partial charge in [-0.1, -0.05) is 0 Å². The SMILES string of the molecule is COc1ccc(C(C)=O)c(OCC(=O)NC(C)(C)C)c1. The zero-order valence-corrected chi connectivity index (χ0v) is 12.6. The van der Waals surface area contributed by atoms with Crippen molar-refractivity contribution in [2.24, 2.45) is 0 Å². The molecule has 1 rings (SSSR count). The zero-order chi connectivity index (χ0) is 15.3. The fourth-order valence-corrected chi connectivity index (χ4v) is 1.64. The van der Waals surface area contributed by atoms with Gasteiger partial charge in [0.15, 0.2) is 12.4 Å². The lowest BCUT2D eigenvalue weighted by Gasteiger charge is -2.20.